The number of hydrogen-bond acceptors (Lipinski definition) is 4. The minimum atomic E-state index is 0.237. The van der Waals surface area contributed by atoms with E-state index in [1.807, 2.05) is 24.0 Å². The van der Waals surface area contributed by atoms with E-state index in [2.05, 4.69) is 31.4 Å². The number of hydrogen-bond donors (Lipinski definition) is 0. The predicted molar refractivity (Wildman–Crippen MR) is 74.9 cm³/mol. The lowest BCUT2D eigenvalue weighted by molar-refractivity contribution is 0.539. The molecule has 0 spiro atoms. The summed E-state index contributed by atoms with van der Waals surface area (Å²) in [6.45, 7) is 2.14. The summed E-state index contributed by atoms with van der Waals surface area (Å²) in [4.78, 5) is 17.2. The Bertz CT molecular complexity index is 685. The summed E-state index contributed by atoms with van der Waals surface area (Å²) in [5.41, 5.74) is 0.972. The molecule has 3 rings (SSSR count). The van der Waals surface area contributed by atoms with Crippen molar-refractivity contribution in [3.8, 4) is 11.6 Å². The molecule has 0 aliphatic carbocycles. The summed E-state index contributed by atoms with van der Waals surface area (Å²) in [6.07, 6.45) is 13.5. The van der Waals surface area contributed by atoms with E-state index in [1.165, 1.54) is 0 Å². The molecule has 20 heavy (non-hydrogen) atoms. The molecule has 0 saturated carbocycles. The first-order valence-electron chi connectivity index (χ1n) is 6.51. The standard InChI is InChI=1S/C14H16N6/c1-11(9-12-10-15-3-4-16-12)20-8-6-18-14(20)13-17-5-7-19(13)2/h3-8,10-11H,9H2,1-2H3/t11-/m1/s1. The highest BCUT2D eigenvalue weighted by atomic mass is 15.2. The molecule has 3 aromatic heterocycles. The molecule has 0 N–H and O–H groups in total. The van der Waals surface area contributed by atoms with Crippen LogP contribution in [0.1, 0.15) is 18.7 Å². The fourth-order valence-corrected chi connectivity index (χ4v) is 2.26. The molecule has 6 nitrogen and oxygen atoms in total. The van der Waals surface area contributed by atoms with Crippen LogP contribution in [0.2, 0.25) is 0 Å². The normalized spacial score (nSPS) is 12.5. The zero-order valence-corrected chi connectivity index (χ0v) is 11.5. The van der Waals surface area contributed by atoms with E-state index in [1.54, 1.807) is 31.0 Å². The molecule has 1 atom stereocenters. The van der Waals surface area contributed by atoms with E-state index in [9.17, 15) is 0 Å². The monoisotopic (exact) mass is 268 g/mol. The van der Waals surface area contributed by atoms with Gasteiger partial charge >= 0.3 is 0 Å². The Hall–Kier alpha value is -2.50. The van der Waals surface area contributed by atoms with Gasteiger partial charge in [0.25, 0.3) is 0 Å². The Morgan fingerprint density at radius 1 is 1.00 bits per heavy atom. The van der Waals surface area contributed by atoms with Crippen molar-refractivity contribution in [1.82, 2.24) is 29.1 Å². The Kier molecular flexibility index (Phi) is 3.28. The van der Waals surface area contributed by atoms with Gasteiger partial charge in [-0.2, -0.15) is 0 Å². The Balaban J connectivity index is 1.88. The average Bonchev–Trinajstić information content (AvgIpc) is 3.07. The number of rotatable bonds is 4. The Labute approximate surface area is 117 Å². The fourth-order valence-electron chi connectivity index (χ4n) is 2.26. The molecule has 0 saturated heterocycles. The van der Waals surface area contributed by atoms with Crippen LogP contribution in [0.5, 0.6) is 0 Å². The second-order valence-electron chi connectivity index (χ2n) is 4.77. The maximum absolute atomic E-state index is 4.43. The molecule has 0 unspecified atom stereocenters. The summed E-state index contributed by atoms with van der Waals surface area (Å²) in [5, 5.41) is 0. The number of nitrogens with zero attached hydrogens (tertiary/aromatic N) is 6. The zero-order chi connectivity index (χ0) is 13.9. The van der Waals surface area contributed by atoms with Crippen LogP contribution in [0.4, 0.5) is 0 Å². The van der Waals surface area contributed by atoms with E-state index < -0.39 is 0 Å². The fraction of sp³-hybridized carbons (Fsp3) is 0.286. The molecule has 0 fully saturated rings. The van der Waals surface area contributed by atoms with Gasteiger partial charge in [-0.25, -0.2) is 9.97 Å². The molecular weight excluding hydrogens is 252 g/mol. The van der Waals surface area contributed by atoms with Crippen molar-refractivity contribution in [3.63, 3.8) is 0 Å². The van der Waals surface area contributed by atoms with Crippen molar-refractivity contribution >= 4 is 0 Å². The summed E-state index contributed by atoms with van der Waals surface area (Å²) >= 11 is 0. The van der Waals surface area contributed by atoms with Gasteiger partial charge in [-0.1, -0.05) is 0 Å². The smallest absolute Gasteiger partial charge is 0.176 e. The third-order valence-electron chi connectivity index (χ3n) is 3.29. The minimum absolute atomic E-state index is 0.237. The molecule has 6 heteroatoms. The predicted octanol–water partition coefficient (Wildman–Crippen LogP) is 1.88. The molecule has 3 heterocycles. The molecular formula is C14H16N6. The second-order valence-corrected chi connectivity index (χ2v) is 4.77. The van der Waals surface area contributed by atoms with Gasteiger partial charge in [0, 0.05) is 62.9 Å². The Morgan fingerprint density at radius 2 is 1.80 bits per heavy atom. The largest absolute Gasteiger partial charge is 0.331 e. The number of imidazole rings is 2. The first kappa shape index (κ1) is 12.5. The zero-order valence-electron chi connectivity index (χ0n) is 11.5. The first-order chi connectivity index (χ1) is 9.75. The summed E-state index contributed by atoms with van der Waals surface area (Å²) < 4.78 is 4.09. The van der Waals surface area contributed by atoms with E-state index in [0.29, 0.717) is 0 Å². The Morgan fingerprint density at radius 3 is 2.50 bits per heavy atom. The maximum Gasteiger partial charge on any atom is 0.176 e. The van der Waals surface area contributed by atoms with Gasteiger partial charge in [0.2, 0.25) is 0 Å². The SMILES string of the molecule is C[C@H](Cc1cnccn1)n1ccnc1-c1nccn1C. The van der Waals surface area contributed by atoms with Crippen LogP contribution in [0.15, 0.2) is 43.4 Å². The average molecular weight is 268 g/mol. The van der Waals surface area contributed by atoms with Gasteiger partial charge in [0.05, 0.1) is 5.69 Å². The van der Waals surface area contributed by atoms with Crippen molar-refractivity contribution in [2.45, 2.75) is 19.4 Å². The van der Waals surface area contributed by atoms with Crippen molar-refractivity contribution < 1.29 is 0 Å². The van der Waals surface area contributed by atoms with Crippen LogP contribution >= 0.6 is 0 Å². The van der Waals surface area contributed by atoms with E-state index in [0.717, 1.165) is 23.8 Å². The summed E-state index contributed by atoms with van der Waals surface area (Å²) in [6, 6.07) is 0.237. The molecule has 0 aliphatic heterocycles. The lowest BCUT2D eigenvalue weighted by Crippen LogP contribution is -2.11. The van der Waals surface area contributed by atoms with Crippen molar-refractivity contribution in [2.75, 3.05) is 0 Å². The molecule has 0 amide bonds. The van der Waals surface area contributed by atoms with Gasteiger partial charge in [-0.15, -0.1) is 0 Å². The van der Waals surface area contributed by atoms with Crippen LogP contribution in [0.3, 0.4) is 0 Å². The van der Waals surface area contributed by atoms with Gasteiger partial charge in [0.1, 0.15) is 0 Å². The van der Waals surface area contributed by atoms with Crippen molar-refractivity contribution in [2.24, 2.45) is 7.05 Å². The number of aromatic nitrogens is 6. The van der Waals surface area contributed by atoms with Crippen molar-refractivity contribution in [3.05, 3.63) is 49.1 Å². The third-order valence-corrected chi connectivity index (χ3v) is 3.29. The topological polar surface area (TPSA) is 61.4 Å². The van der Waals surface area contributed by atoms with Crippen LogP contribution in [-0.2, 0) is 13.5 Å². The van der Waals surface area contributed by atoms with Crippen LogP contribution in [-0.4, -0.2) is 29.1 Å². The maximum atomic E-state index is 4.43. The molecule has 0 aliphatic rings. The highest BCUT2D eigenvalue weighted by molar-refractivity contribution is 5.44. The molecule has 102 valence electrons. The number of aryl methyl sites for hydroxylation is 1. The van der Waals surface area contributed by atoms with E-state index in [-0.39, 0.29) is 6.04 Å². The lowest BCUT2D eigenvalue weighted by atomic mass is 10.2. The molecule has 3 aromatic rings. The second kappa shape index (κ2) is 5.24. The van der Waals surface area contributed by atoms with E-state index in [4.69, 9.17) is 0 Å². The summed E-state index contributed by atoms with van der Waals surface area (Å²) in [7, 11) is 1.97. The van der Waals surface area contributed by atoms with Crippen LogP contribution in [0.25, 0.3) is 11.6 Å². The lowest BCUT2D eigenvalue weighted by Gasteiger charge is -2.15. The highest BCUT2D eigenvalue weighted by Crippen LogP contribution is 2.21. The van der Waals surface area contributed by atoms with Crippen LogP contribution < -0.4 is 0 Å². The minimum Gasteiger partial charge on any atom is -0.331 e. The first-order valence-corrected chi connectivity index (χ1v) is 6.51. The quantitative estimate of drug-likeness (QED) is 0.724. The molecule has 0 bridgehead atoms. The van der Waals surface area contributed by atoms with Gasteiger partial charge in [-0.3, -0.25) is 9.97 Å². The summed E-state index contributed by atoms with van der Waals surface area (Å²) in [5.74, 6) is 1.73. The van der Waals surface area contributed by atoms with Crippen molar-refractivity contribution in [1.29, 1.82) is 0 Å². The van der Waals surface area contributed by atoms with E-state index >= 15 is 0 Å². The highest BCUT2D eigenvalue weighted by Gasteiger charge is 2.15. The van der Waals surface area contributed by atoms with Gasteiger partial charge in [0.15, 0.2) is 11.6 Å². The molecule has 0 aromatic carbocycles. The van der Waals surface area contributed by atoms with Gasteiger partial charge in [-0.05, 0) is 6.92 Å². The third kappa shape index (κ3) is 2.32. The van der Waals surface area contributed by atoms with Gasteiger partial charge < -0.3 is 9.13 Å². The van der Waals surface area contributed by atoms with Crippen LogP contribution in [0, 0.1) is 0 Å². The molecule has 0 radical (unpaired) electrons.